The quantitative estimate of drug-likeness (QED) is 0.427. The fourth-order valence-electron chi connectivity index (χ4n) is 4.10. The van der Waals surface area contributed by atoms with Crippen LogP contribution in [0, 0.1) is 13.8 Å². The molecule has 1 aliphatic rings. The summed E-state index contributed by atoms with van der Waals surface area (Å²) in [7, 11) is -2.32. The topological polar surface area (TPSA) is 141 Å². The molecule has 39 heavy (non-hydrogen) atoms. The second-order valence-electron chi connectivity index (χ2n) is 9.26. The maximum Gasteiger partial charge on any atom is 0.435 e. The zero-order valence-corrected chi connectivity index (χ0v) is 22.2. The normalized spacial score (nSPS) is 14.9. The Morgan fingerprint density at radius 1 is 1.13 bits per heavy atom. The van der Waals surface area contributed by atoms with Crippen LogP contribution in [0.4, 0.5) is 18.9 Å². The van der Waals surface area contributed by atoms with Crippen LogP contribution in [0.2, 0.25) is 0 Å². The number of amides is 1. The van der Waals surface area contributed by atoms with E-state index in [9.17, 15) is 31.5 Å². The summed E-state index contributed by atoms with van der Waals surface area (Å²) in [6, 6.07) is 6.80. The average molecular weight is 567 g/mol. The standard InChI is InChI=1S/C25H25F3N4O6S/c1-13-11-17(24(34)9-6-10-24)30-23(37-3)19(13)38-22-18(14(2)20(31-32-22)25(26,27)28)21(33)29-15-7-5-8-16(12-15)39(4,35)36/h5,7-8,11-12,34H,6,9-10H2,1-4H3,(H,29,33). The number of anilines is 1. The van der Waals surface area contributed by atoms with E-state index in [0.29, 0.717) is 24.1 Å². The Bertz CT molecular complexity index is 1560. The van der Waals surface area contributed by atoms with Crippen molar-refractivity contribution < 1.29 is 41.0 Å². The Kier molecular flexibility index (Phi) is 7.29. The first-order valence-corrected chi connectivity index (χ1v) is 13.6. The van der Waals surface area contributed by atoms with Gasteiger partial charge >= 0.3 is 6.18 Å². The van der Waals surface area contributed by atoms with Gasteiger partial charge in [-0.05, 0) is 68.5 Å². The third-order valence-corrected chi connectivity index (χ3v) is 7.49. The summed E-state index contributed by atoms with van der Waals surface area (Å²) in [5.41, 5.74) is -2.86. The first-order chi connectivity index (χ1) is 18.1. The minimum atomic E-state index is -4.92. The molecule has 10 nitrogen and oxygen atoms in total. The van der Waals surface area contributed by atoms with Crippen LogP contribution in [-0.2, 0) is 21.6 Å². The van der Waals surface area contributed by atoms with Crippen LogP contribution in [0.1, 0.15) is 52.1 Å². The van der Waals surface area contributed by atoms with Gasteiger partial charge in [-0.25, -0.2) is 13.4 Å². The number of carbonyl (C=O) groups excluding carboxylic acids is 1. The number of ether oxygens (including phenoxy) is 2. The number of aromatic nitrogens is 3. The van der Waals surface area contributed by atoms with E-state index in [2.05, 4.69) is 20.5 Å². The van der Waals surface area contributed by atoms with Gasteiger partial charge in [-0.1, -0.05) is 6.07 Å². The van der Waals surface area contributed by atoms with Crippen LogP contribution >= 0.6 is 0 Å². The second-order valence-corrected chi connectivity index (χ2v) is 11.3. The van der Waals surface area contributed by atoms with E-state index < -0.39 is 50.2 Å². The van der Waals surface area contributed by atoms with Crippen LogP contribution in [0.25, 0.3) is 0 Å². The van der Waals surface area contributed by atoms with Gasteiger partial charge in [0.1, 0.15) is 11.2 Å². The minimum Gasteiger partial charge on any atom is -0.478 e. The molecule has 1 fully saturated rings. The van der Waals surface area contributed by atoms with E-state index in [0.717, 1.165) is 19.6 Å². The van der Waals surface area contributed by atoms with Crippen molar-refractivity contribution in [3.8, 4) is 17.5 Å². The van der Waals surface area contributed by atoms with Gasteiger partial charge in [0.2, 0.25) is 0 Å². The Hall–Kier alpha value is -3.78. The van der Waals surface area contributed by atoms with Crippen LogP contribution < -0.4 is 14.8 Å². The highest BCUT2D eigenvalue weighted by Gasteiger charge is 2.40. The summed E-state index contributed by atoms with van der Waals surface area (Å²) in [5.74, 6) is -1.71. The molecule has 1 saturated carbocycles. The summed E-state index contributed by atoms with van der Waals surface area (Å²) in [6.45, 7) is 2.66. The van der Waals surface area contributed by atoms with E-state index in [1.807, 2.05) is 0 Å². The predicted molar refractivity (Wildman–Crippen MR) is 133 cm³/mol. The number of hydrogen-bond donors (Lipinski definition) is 2. The number of benzene rings is 1. The SMILES string of the molecule is COc1nc(C2(O)CCC2)cc(C)c1Oc1nnc(C(F)(F)F)c(C)c1C(=O)Nc1cccc(S(C)(=O)=O)c1. The van der Waals surface area contributed by atoms with Crippen LogP contribution in [-0.4, -0.2) is 48.0 Å². The number of nitrogens with one attached hydrogen (secondary N) is 1. The fraction of sp³-hybridized carbons (Fsp3) is 0.360. The summed E-state index contributed by atoms with van der Waals surface area (Å²) < 4.78 is 75.9. The third-order valence-electron chi connectivity index (χ3n) is 6.38. The summed E-state index contributed by atoms with van der Waals surface area (Å²) >= 11 is 0. The largest absolute Gasteiger partial charge is 0.478 e. The molecule has 1 amide bonds. The van der Waals surface area contributed by atoms with Crippen molar-refractivity contribution in [2.45, 2.75) is 49.8 Å². The molecule has 0 atom stereocenters. The summed E-state index contributed by atoms with van der Waals surface area (Å²) in [6.07, 6.45) is -2.10. The Balaban J connectivity index is 1.79. The van der Waals surface area contributed by atoms with E-state index in [1.54, 1.807) is 13.0 Å². The number of pyridine rings is 1. The lowest BCUT2D eigenvalue weighted by molar-refractivity contribution is -0.142. The van der Waals surface area contributed by atoms with Crippen molar-refractivity contribution in [1.29, 1.82) is 0 Å². The van der Waals surface area contributed by atoms with E-state index in [-0.39, 0.29) is 22.2 Å². The molecule has 1 aromatic carbocycles. The molecule has 1 aliphatic carbocycles. The van der Waals surface area contributed by atoms with Crippen molar-refractivity contribution in [2.24, 2.45) is 0 Å². The predicted octanol–water partition coefficient (Wildman–Crippen LogP) is 4.34. The molecule has 0 aliphatic heterocycles. The maximum atomic E-state index is 13.6. The number of carbonyl (C=O) groups is 1. The molecule has 0 bridgehead atoms. The third kappa shape index (κ3) is 5.66. The number of aliphatic hydroxyl groups is 1. The van der Waals surface area contributed by atoms with E-state index in [1.165, 1.54) is 31.4 Å². The van der Waals surface area contributed by atoms with Gasteiger partial charge in [-0.2, -0.15) is 13.2 Å². The van der Waals surface area contributed by atoms with Gasteiger partial charge in [0.15, 0.2) is 21.3 Å². The lowest BCUT2D eigenvalue weighted by Gasteiger charge is -2.36. The number of alkyl halides is 3. The van der Waals surface area contributed by atoms with Crippen molar-refractivity contribution in [3.05, 3.63) is 58.4 Å². The molecule has 0 spiro atoms. The molecule has 14 heteroatoms. The van der Waals surface area contributed by atoms with Gasteiger partial charge in [-0.15, -0.1) is 10.2 Å². The van der Waals surface area contributed by atoms with Gasteiger partial charge in [-0.3, -0.25) is 4.79 Å². The van der Waals surface area contributed by atoms with E-state index in [4.69, 9.17) is 9.47 Å². The Morgan fingerprint density at radius 3 is 2.38 bits per heavy atom. The van der Waals surface area contributed by atoms with Gasteiger partial charge in [0, 0.05) is 11.9 Å². The maximum absolute atomic E-state index is 13.6. The van der Waals surface area contributed by atoms with Gasteiger partial charge in [0.25, 0.3) is 17.7 Å². The molecule has 2 aromatic heterocycles. The molecule has 0 unspecified atom stereocenters. The van der Waals surface area contributed by atoms with Gasteiger partial charge < -0.3 is 19.9 Å². The Labute approximate surface area is 222 Å². The smallest absolute Gasteiger partial charge is 0.435 e. The highest BCUT2D eigenvalue weighted by Crippen LogP contribution is 2.44. The second kappa shape index (κ2) is 10.1. The highest BCUT2D eigenvalue weighted by atomic mass is 32.2. The Morgan fingerprint density at radius 2 is 1.82 bits per heavy atom. The summed E-state index contributed by atoms with van der Waals surface area (Å²) in [5, 5.41) is 19.9. The summed E-state index contributed by atoms with van der Waals surface area (Å²) in [4.78, 5) is 17.5. The van der Waals surface area contributed by atoms with Crippen molar-refractivity contribution in [2.75, 3.05) is 18.7 Å². The number of hydrogen-bond acceptors (Lipinski definition) is 9. The number of nitrogens with zero attached hydrogens (tertiary/aromatic N) is 3. The van der Waals surface area contributed by atoms with Gasteiger partial charge in [0.05, 0.1) is 17.7 Å². The number of rotatable bonds is 7. The fourth-order valence-corrected chi connectivity index (χ4v) is 4.77. The number of methoxy groups -OCH3 is 1. The zero-order valence-electron chi connectivity index (χ0n) is 21.4. The molecule has 3 aromatic rings. The van der Waals surface area contributed by atoms with Crippen LogP contribution in [0.3, 0.4) is 0 Å². The molecular weight excluding hydrogens is 541 g/mol. The number of halogens is 3. The minimum absolute atomic E-state index is 0.0205. The first kappa shape index (κ1) is 28.2. The molecule has 208 valence electrons. The molecule has 0 saturated heterocycles. The molecular formula is C25H25F3N4O6S. The average Bonchev–Trinajstić information content (AvgIpc) is 2.82. The lowest BCUT2D eigenvalue weighted by atomic mass is 9.77. The zero-order chi connectivity index (χ0) is 28.8. The van der Waals surface area contributed by atoms with Crippen LogP contribution in [0.15, 0.2) is 35.2 Å². The lowest BCUT2D eigenvalue weighted by Crippen LogP contribution is -2.34. The molecule has 2 heterocycles. The molecule has 0 radical (unpaired) electrons. The molecule has 2 N–H and O–H groups in total. The first-order valence-electron chi connectivity index (χ1n) is 11.7. The van der Waals surface area contributed by atoms with Crippen molar-refractivity contribution in [1.82, 2.24) is 15.2 Å². The van der Waals surface area contributed by atoms with Crippen molar-refractivity contribution >= 4 is 21.4 Å². The van der Waals surface area contributed by atoms with Crippen molar-refractivity contribution in [3.63, 3.8) is 0 Å². The molecule has 4 rings (SSSR count). The monoisotopic (exact) mass is 566 g/mol. The number of aryl methyl sites for hydroxylation is 1. The van der Waals surface area contributed by atoms with Crippen LogP contribution in [0.5, 0.6) is 17.5 Å². The highest BCUT2D eigenvalue weighted by molar-refractivity contribution is 7.90. The van der Waals surface area contributed by atoms with E-state index >= 15 is 0 Å². The number of sulfone groups is 1.